The van der Waals surface area contributed by atoms with Crippen LogP contribution in [-0.4, -0.2) is 78.7 Å². The maximum Gasteiger partial charge on any atom is 0.403 e. The van der Waals surface area contributed by atoms with Crippen molar-refractivity contribution in [3.05, 3.63) is 0 Å². The van der Waals surface area contributed by atoms with Gasteiger partial charge in [0.05, 0.1) is 0 Å². The van der Waals surface area contributed by atoms with Crippen molar-refractivity contribution in [3.63, 3.8) is 0 Å². The van der Waals surface area contributed by atoms with E-state index in [9.17, 15) is 18.0 Å². The number of rotatable bonds is 4. The van der Waals surface area contributed by atoms with Crippen LogP contribution in [0.3, 0.4) is 0 Å². The third kappa shape index (κ3) is 7.50. The van der Waals surface area contributed by atoms with E-state index in [1.165, 1.54) is 11.8 Å². The fourth-order valence-corrected chi connectivity index (χ4v) is 2.56. The minimum atomic E-state index is -4.22. The Bertz CT molecular complexity index is 465. The van der Waals surface area contributed by atoms with Crippen LogP contribution in [0.4, 0.5) is 13.2 Å². The van der Waals surface area contributed by atoms with Crippen molar-refractivity contribution in [2.75, 3.05) is 39.3 Å². The fourth-order valence-electron chi connectivity index (χ4n) is 2.56. The smallest absolute Gasteiger partial charge is 0.357 e. The normalized spacial score (nSPS) is 18.9. The van der Waals surface area contributed by atoms with Gasteiger partial charge in [-0.05, 0) is 34.6 Å². The molecule has 1 heterocycles. The molecule has 2 N–H and O–H groups in total. The number of hydrogen-bond donors (Lipinski definition) is 2. The minimum Gasteiger partial charge on any atom is -0.357 e. The second-order valence-corrected chi connectivity index (χ2v) is 7.21. The van der Waals surface area contributed by atoms with Crippen LogP contribution in [-0.2, 0) is 4.79 Å². The van der Waals surface area contributed by atoms with Gasteiger partial charge < -0.3 is 15.5 Å². The molecule has 0 bridgehead atoms. The lowest BCUT2D eigenvalue weighted by Gasteiger charge is -2.39. The first-order chi connectivity index (χ1) is 11.4. The number of hydrogen-bond acceptors (Lipinski definition) is 3. The van der Waals surface area contributed by atoms with E-state index in [-0.39, 0.29) is 18.0 Å². The molecule has 0 saturated carbocycles. The van der Waals surface area contributed by atoms with Crippen LogP contribution in [0.25, 0.3) is 0 Å². The summed E-state index contributed by atoms with van der Waals surface area (Å²) in [7, 11) is 0. The monoisotopic (exact) mass is 365 g/mol. The first-order valence-corrected chi connectivity index (χ1v) is 8.59. The first kappa shape index (κ1) is 21.5. The van der Waals surface area contributed by atoms with Crippen LogP contribution < -0.4 is 10.6 Å². The lowest BCUT2D eigenvalue weighted by atomic mass is 10.1. The largest absolute Gasteiger partial charge is 0.403 e. The molecule has 6 nitrogen and oxygen atoms in total. The number of piperazine rings is 1. The van der Waals surface area contributed by atoms with Gasteiger partial charge in [-0.1, -0.05) is 0 Å². The fraction of sp³-hybridized carbons (Fsp3) is 0.875. The number of amides is 1. The molecule has 25 heavy (non-hydrogen) atoms. The Balaban J connectivity index is 2.63. The molecule has 1 fully saturated rings. The maximum atomic E-state index is 12.8. The second-order valence-electron chi connectivity index (χ2n) is 7.21. The molecular formula is C16H30F3N5O. The number of carbonyl (C=O) groups is 1. The van der Waals surface area contributed by atoms with Crippen LogP contribution in [0.2, 0.25) is 0 Å². The molecule has 1 unspecified atom stereocenters. The molecule has 0 radical (unpaired) electrons. The number of nitrogens with one attached hydrogen (secondary N) is 2. The molecule has 1 rings (SSSR count). The van der Waals surface area contributed by atoms with Crippen molar-refractivity contribution >= 4 is 11.9 Å². The predicted octanol–water partition coefficient (Wildman–Crippen LogP) is 1.44. The summed E-state index contributed by atoms with van der Waals surface area (Å²) < 4.78 is 38.5. The van der Waals surface area contributed by atoms with Gasteiger partial charge in [0.1, 0.15) is 12.6 Å². The Kier molecular flexibility index (Phi) is 7.52. The van der Waals surface area contributed by atoms with E-state index >= 15 is 0 Å². The molecule has 146 valence electrons. The van der Waals surface area contributed by atoms with Crippen LogP contribution in [0.5, 0.6) is 0 Å². The Hall–Kier alpha value is -1.51. The highest BCUT2D eigenvalue weighted by atomic mass is 19.4. The Morgan fingerprint density at radius 3 is 2.16 bits per heavy atom. The molecular weight excluding hydrogens is 335 g/mol. The van der Waals surface area contributed by atoms with Gasteiger partial charge >= 0.3 is 6.18 Å². The molecule has 1 atom stereocenters. The highest BCUT2D eigenvalue weighted by molar-refractivity contribution is 5.85. The number of halogens is 3. The lowest BCUT2D eigenvalue weighted by Crippen LogP contribution is -2.57. The number of guanidine groups is 1. The van der Waals surface area contributed by atoms with E-state index in [1.807, 2.05) is 32.6 Å². The van der Waals surface area contributed by atoms with Gasteiger partial charge in [0, 0.05) is 38.3 Å². The van der Waals surface area contributed by atoms with Crippen molar-refractivity contribution in [2.24, 2.45) is 4.99 Å². The summed E-state index contributed by atoms with van der Waals surface area (Å²) in [5, 5.41) is 5.93. The topological polar surface area (TPSA) is 60.0 Å². The van der Waals surface area contributed by atoms with E-state index in [0.717, 1.165) is 0 Å². The van der Waals surface area contributed by atoms with Crippen molar-refractivity contribution in [2.45, 2.75) is 52.4 Å². The van der Waals surface area contributed by atoms with Crippen molar-refractivity contribution in [1.82, 2.24) is 20.4 Å². The molecule has 0 spiro atoms. The van der Waals surface area contributed by atoms with Crippen molar-refractivity contribution in [3.8, 4) is 0 Å². The number of aliphatic imine (C=N–C) groups is 1. The molecule has 1 saturated heterocycles. The van der Waals surface area contributed by atoms with E-state index in [0.29, 0.717) is 38.7 Å². The number of carbonyl (C=O) groups excluding carboxylic acids is 1. The summed E-state index contributed by atoms with van der Waals surface area (Å²) in [6.07, 6.45) is -4.22. The van der Waals surface area contributed by atoms with Gasteiger partial charge in [-0.25, -0.2) is 4.99 Å². The van der Waals surface area contributed by atoms with Crippen LogP contribution in [0.1, 0.15) is 34.6 Å². The Morgan fingerprint density at radius 1 is 1.16 bits per heavy atom. The van der Waals surface area contributed by atoms with Gasteiger partial charge in [0.2, 0.25) is 5.91 Å². The number of alkyl halides is 3. The maximum absolute atomic E-state index is 12.8. The minimum absolute atomic E-state index is 0.0151. The zero-order valence-corrected chi connectivity index (χ0v) is 15.7. The van der Waals surface area contributed by atoms with E-state index in [4.69, 9.17) is 0 Å². The average molecular weight is 365 g/mol. The van der Waals surface area contributed by atoms with Gasteiger partial charge in [0.15, 0.2) is 5.96 Å². The molecule has 1 aliphatic heterocycles. The summed E-state index contributed by atoms with van der Waals surface area (Å²) >= 11 is 0. The molecule has 9 heteroatoms. The zero-order chi connectivity index (χ0) is 19.3. The summed E-state index contributed by atoms with van der Waals surface area (Å²) in [4.78, 5) is 19.5. The quantitative estimate of drug-likeness (QED) is 0.585. The van der Waals surface area contributed by atoms with Gasteiger partial charge in [0.25, 0.3) is 0 Å². The third-order valence-corrected chi connectivity index (χ3v) is 3.86. The molecule has 0 aromatic rings. The van der Waals surface area contributed by atoms with E-state index in [1.54, 1.807) is 0 Å². The standard InChI is InChI=1S/C16H30F3N5O/c1-6-20-14(21-11-13(25)22-15(3,4)5)24-9-7-23(8-10-24)12(2)16(17,18)19/h12H,6-11H2,1-5H3,(H,20,21)(H,22,25). The molecule has 0 aromatic carbocycles. The predicted molar refractivity (Wildman–Crippen MR) is 92.5 cm³/mol. The van der Waals surface area contributed by atoms with Crippen molar-refractivity contribution < 1.29 is 18.0 Å². The highest BCUT2D eigenvalue weighted by Crippen LogP contribution is 2.25. The molecule has 1 aliphatic rings. The van der Waals surface area contributed by atoms with Crippen LogP contribution >= 0.6 is 0 Å². The summed E-state index contributed by atoms with van der Waals surface area (Å²) in [5.74, 6) is 0.373. The Morgan fingerprint density at radius 2 is 1.72 bits per heavy atom. The molecule has 0 aromatic heterocycles. The molecule has 1 amide bonds. The summed E-state index contributed by atoms with van der Waals surface area (Å²) in [6, 6.07) is -1.45. The van der Waals surface area contributed by atoms with Gasteiger partial charge in [-0.2, -0.15) is 13.2 Å². The van der Waals surface area contributed by atoms with Gasteiger partial charge in [-0.3, -0.25) is 9.69 Å². The van der Waals surface area contributed by atoms with Crippen molar-refractivity contribution in [1.29, 1.82) is 0 Å². The first-order valence-electron chi connectivity index (χ1n) is 8.59. The summed E-state index contributed by atoms with van der Waals surface area (Å²) in [6.45, 7) is 10.9. The van der Waals surface area contributed by atoms with E-state index < -0.39 is 12.2 Å². The Labute approximate surface area is 147 Å². The van der Waals surface area contributed by atoms with E-state index in [2.05, 4.69) is 15.6 Å². The third-order valence-electron chi connectivity index (χ3n) is 3.86. The number of nitrogens with zero attached hydrogens (tertiary/aromatic N) is 3. The second kappa shape index (κ2) is 8.73. The summed E-state index contributed by atoms with van der Waals surface area (Å²) in [5.41, 5.74) is -0.329. The van der Waals surface area contributed by atoms with Gasteiger partial charge in [-0.15, -0.1) is 0 Å². The SMILES string of the molecule is CCNC(=NCC(=O)NC(C)(C)C)N1CCN(C(C)C(F)(F)F)CC1. The molecule has 0 aliphatic carbocycles. The lowest BCUT2D eigenvalue weighted by molar-refractivity contribution is -0.181. The van der Waals surface area contributed by atoms with Crippen LogP contribution in [0, 0.1) is 0 Å². The van der Waals surface area contributed by atoms with Crippen LogP contribution in [0.15, 0.2) is 4.99 Å². The average Bonchev–Trinajstić information content (AvgIpc) is 2.48. The highest BCUT2D eigenvalue weighted by Gasteiger charge is 2.41. The zero-order valence-electron chi connectivity index (χ0n) is 15.7.